The van der Waals surface area contributed by atoms with Crippen LogP contribution in [0.15, 0.2) is 12.1 Å². The highest BCUT2D eigenvalue weighted by atomic mass is 79.9. The van der Waals surface area contributed by atoms with E-state index in [1.165, 1.54) is 6.92 Å². The van der Waals surface area contributed by atoms with Gasteiger partial charge in [-0.1, -0.05) is 15.9 Å². The number of halogens is 1. The van der Waals surface area contributed by atoms with Crippen LogP contribution in [0.2, 0.25) is 0 Å². The molecule has 1 heterocycles. The number of ether oxygens (including phenoxy) is 1. The van der Waals surface area contributed by atoms with Gasteiger partial charge in [0.15, 0.2) is 0 Å². The van der Waals surface area contributed by atoms with Crippen LogP contribution in [0.5, 0.6) is 5.75 Å². The number of carbonyl (C=O) groups is 2. The predicted molar refractivity (Wildman–Crippen MR) is 87.9 cm³/mol. The van der Waals surface area contributed by atoms with E-state index < -0.39 is 0 Å². The van der Waals surface area contributed by atoms with Crippen LogP contribution < -0.4 is 4.74 Å². The SMILES string of the molecule is CC(=O)Oc1c(C)cc(C2SCC(=O)N2CCBr)cc1C. The Bertz CT molecular complexity index is 553. The second-order valence-electron chi connectivity index (χ2n) is 5.02. The fourth-order valence-corrected chi connectivity index (χ4v) is 4.07. The summed E-state index contributed by atoms with van der Waals surface area (Å²) in [5.74, 6) is 0.985. The van der Waals surface area contributed by atoms with E-state index in [0.29, 0.717) is 18.0 Å². The molecule has 1 saturated heterocycles. The van der Waals surface area contributed by atoms with Crippen LogP contribution in [0.3, 0.4) is 0 Å². The zero-order valence-electron chi connectivity index (χ0n) is 12.3. The zero-order chi connectivity index (χ0) is 15.6. The maximum atomic E-state index is 11.9. The van der Waals surface area contributed by atoms with E-state index in [4.69, 9.17) is 4.74 Å². The number of carbonyl (C=O) groups excluding carboxylic acids is 2. The van der Waals surface area contributed by atoms with Crippen molar-refractivity contribution >= 4 is 39.6 Å². The van der Waals surface area contributed by atoms with E-state index in [1.807, 2.05) is 30.9 Å². The lowest BCUT2D eigenvalue weighted by Crippen LogP contribution is -2.30. The third kappa shape index (κ3) is 3.61. The molecule has 21 heavy (non-hydrogen) atoms. The maximum Gasteiger partial charge on any atom is 0.308 e. The van der Waals surface area contributed by atoms with E-state index in [9.17, 15) is 9.59 Å². The molecule has 1 fully saturated rings. The summed E-state index contributed by atoms with van der Waals surface area (Å²) < 4.78 is 5.26. The molecule has 1 amide bonds. The van der Waals surface area contributed by atoms with Crippen molar-refractivity contribution < 1.29 is 14.3 Å². The lowest BCUT2D eigenvalue weighted by molar-refractivity contribution is -0.132. The zero-order valence-corrected chi connectivity index (χ0v) is 14.7. The number of hydrogen-bond donors (Lipinski definition) is 0. The first-order valence-corrected chi connectivity index (χ1v) is 8.87. The van der Waals surface area contributed by atoms with Gasteiger partial charge in [-0.05, 0) is 42.7 Å². The molecule has 114 valence electrons. The summed E-state index contributed by atoms with van der Waals surface area (Å²) in [4.78, 5) is 25.0. The molecule has 0 spiro atoms. The van der Waals surface area contributed by atoms with Gasteiger partial charge in [-0.15, -0.1) is 11.8 Å². The molecule has 1 unspecified atom stereocenters. The molecule has 4 nitrogen and oxygen atoms in total. The summed E-state index contributed by atoms with van der Waals surface area (Å²) in [5.41, 5.74) is 2.91. The standard InChI is InChI=1S/C15H18BrNO3S/c1-9-6-12(7-10(2)14(9)20-11(3)18)15-17(5-4-16)13(19)8-21-15/h6-7,15H,4-5,8H2,1-3H3. The van der Waals surface area contributed by atoms with Gasteiger partial charge in [0.1, 0.15) is 11.1 Å². The van der Waals surface area contributed by atoms with Crippen molar-refractivity contribution in [2.75, 3.05) is 17.6 Å². The van der Waals surface area contributed by atoms with Crippen LogP contribution in [0.1, 0.15) is 29.0 Å². The summed E-state index contributed by atoms with van der Waals surface area (Å²) in [6.45, 7) is 5.94. The minimum absolute atomic E-state index is 0.0406. The second-order valence-corrected chi connectivity index (χ2v) is 6.88. The van der Waals surface area contributed by atoms with Crippen LogP contribution in [-0.2, 0) is 9.59 Å². The van der Waals surface area contributed by atoms with Crippen molar-refractivity contribution in [2.24, 2.45) is 0 Å². The van der Waals surface area contributed by atoms with Gasteiger partial charge in [0.05, 0.1) is 5.75 Å². The van der Waals surface area contributed by atoms with Crippen LogP contribution in [0.4, 0.5) is 0 Å². The molecule has 1 aliphatic heterocycles. The predicted octanol–water partition coefficient (Wildman–Crippen LogP) is 3.20. The molecule has 1 aromatic carbocycles. The number of rotatable bonds is 4. The summed E-state index contributed by atoms with van der Waals surface area (Å²) >= 11 is 5.03. The molecule has 1 aliphatic rings. The van der Waals surface area contributed by atoms with Gasteiger partial charge < -0.3 is 9.64 Å². The quantitative estimate of drug-likeness (QED) is 0.463. The van der Waals surface area contributed by atoms with Gasteiger partial charge in [0.2, 0.25) is 5.91 Å². The van der Waals surface area contributed by atoms with E-state index in [0.717, 1.165) is 22.0 Å². The highest BCUT2D eigenvalue weighted by Gasteiger charge is 2.32. The Morgan fingerprint density at radius 3 is 2.57 bits per heavy atom. The highest BCUT2D eigenvalue weighted by Crippen LogP contribution is 2.40. The molecule has 0 radical (unpaired) electrons. The topological polar surface area (TPSA) is 46.6 Å². The second kappa shape index (κ2) is 6.83. The van der Waals surface area contributed by atoms with Crippen molar-refractivity contribution in [2.45, 2.75) is 26.1 Å². The van der Waals surface area contributed by atoms with Crippen molar-refractivity contribution in [3.63, 3.8) is 0 Å². The Hall–Kier alpha value is -1.01. The average molecular weight is 372 g/mol. The molecule has 0 aromatic heterocycles. The fraction of sp³-hybridized carbons (Fsp3) is 0.467. The molecule has 6 heteroatoms. The number of benzene rings is 1. The van der Waals surface area contributed by atoms with Crippen LogP contribution in [0, 0.1) is 13.8 Å². The lowest BCUT2D eigenvalue weighted by atomic mass is 10.0. The largest absolute Gasteiger partial charge is 0.426 e. The van der Waals surface area contributed by atoms with Crippen LogP contribution in [0.25, 0.3) is 0 Å². The third-order valence-electron chi connectivity index (χ3n) is 3.31. The smallest absolute Gasteiger partial charge is 0.308 e. The number of alkyl halides is 1. The van der Waals surface area contributed by atoms with Crippen LogP contribution in [-0.4, -0.2) is 34.4 Å². The van der Waals surface area contributed by atoms with Gasteiger partial charge >= 0.3 is 5.97 Å². The van der Waals surface area contributed by atoms with E-state index >= 15 is 0 Å². The number of thioether (sulfide) groups is 1. The Morgan fingerprint density at radius 2 is 2.05 bits per heavy atom. The first-order valence-electron chi connectivity index (χ1n) is 6.70. The van der Waals surface area contributed by atoms with Gasteiger partial charge in [0.25, 0.3) is 0 Å². The van der Waals surface area contributed by atoms with Crippen molar-refractivity contribution in [1.82, 2.24) is 4.90 Å². The van der Waals surface area contributed by atoms with E-state index in [2.05, 4.69) is 15.9 Å². The maximum absolute atomic E-state index is 11.9. The normalized spacial score (nSPS) is 18.2. The Labute approximate surface area is 137 Å². The first kappa shape index (κ1) is 16.4. The number of hydrogen-bond acceptors (Lipinski definition) is 4. The Kier molecular flexibility index (Phi) is 5.32. The molecule has 0 N–H and O–H groups in total. The molecular weight excluding hydrogens is 354 g/mol. The molecule has 2 rings (SSSR count). The molecule has 0 bridgehead atoms. The summed E-state index contributed by atoms with van der Waals surface area (Å²) in [6, 6.07) is 4.01. The van der Waals surface area contributed by atoms with Crippen molar-refractivity contribution in [3.8, 4) is 5.75 Å². The number of esters is 1. The minimum atomic E-state index is -0.319. The van der Waals surface area contributed by atoms with Crippen LogP contribution >= 0.6 is 27.7 Å². The Balaban J connectivity index is 2.32. The van der Waals surface area contributed by atoms with Gasteiger partial charge in [-0.25, -0.2) is 0 Å². The van der Waals surface area contributed by atoms with E-state index in [-0.39, 0.29) is 17.3 Å². The summed E-state index contributed by atoms with van der Waals surface area (Å²) in [5, 5.41) is 0.804. The molecule has 0 aliphatic carbocycles. The molecule has 1 atom stereocenters. The van der Waals surface area contributed by atoms with Gasteiger partial charge in [0, 0.05) is 18.8 Å². The van der Waals surface area contributed by atoms with Gasteiger partial charge in [-0.2, -0.15) is 0 Å². The highest BCUT2D eigenvalue weighted by molar-refractivity contribution is 9.09. The summed E-state index contributed by atoms with van der Waals surface area (Å²) in [6.07, 6.45) is 0. The number of aryl methyl sites for hydroxylation is 2. The van der Waals surface area contributed by atoms with Crippen molar-refractivity contribution in [3.05, 3.63) is 28.8 Å². The summed E-state index contributed by atoms with van der Waals surface area (Å²) in [7, 11) is 0. The Morgan fingerprint density at radius 1 is 1.43 bits per heavy atom. The lowest BCUT2D eigenvalue weighted by Gasteiger charge is -2.24. The first-order chi connectivity index (χ1) is 9.93. The number of amides is 1. The minimum Gasteiger partial charge on any atom is -0.426 e. The fourth-order valence-electron chi connectivity index (χ4n) is 2.49. The van der Waals surface area contributed by atoms with Crippen molar-refractivity contribution in [1.29, 1.82) is 0 Å². The number of nitrogens with zero attached hydrogens (tertiary/aromatic N) is 1. The monoisotopic (exact) mass is 371 g/mol. The van der Waals surface area contributed by atoms with E-state index in [1.54, 1.807) is 11.8 Å². The molecule has 1 aromatic rings. The molecular formula is C15H18BrNO3S. The third-order valence-corrected chi connectivity index (χ3v) is 4.92. The average Bonchev–Trinajstić information content (AvgIpc) is 2.76. The molecule has 0 saturated carbocycles. The van der Waals surface area contributed by atoms with Gasteiger partial charge in [-0.3, -0.25) is 9.59 Å².